The third kappa shape index (κ3) is 10.8. The molecule has 2 saturated heterocycles. The fourth-order valence-corrected chi connectivity index (χ4v) is 9.97. The van der Waals surface area contributed by atoms with Crippen molar-refractivity contribution in [2.75, 3.05) is 70.8 Å². The Morgan fingerprint density at radius 3 is 1.96 bits per heavy atom. The first-order valence-electron chi connectivity index (χ1n) is 22.4. The number of piperazine rings is 2. The van der Waals surface area contributed by atoms with Gasteiger partial charge in [0.05, 0.1) is 44.8 Å². The number of ether oxygens (including phenoxy) is 1. The van der Waals surface area contributed by atoms with Crippen molar-refractivity contribution in [2.24, 2.45) is 0 Å². The number of rotatable bonds is 11. The van der Waals surface area contributed by atoms with Gasteiger partial charge in [-0.1, -0.05) is 42.5 Å². The van der Waals surface area contributed by atoms with Crippen molar-refractivity contribution in [3.8, 4) is 22.5 Å². The predicted octanol–water partition coefficient (Wildman–Crippen LogP) is 7.77. The van der Waals surface area contributed by atoms with E-state index < -0.39 is 5.60 Å². The first-order chi connectivity index (χ1) is 32.5. The normalized spacial score (nSPS) is 14.9. The van der Waals surface area contributed by atoms with Crippen LogP contribution in [0.2, 0.25) is 0 Å². The Kier molecular flexibility index (Phi) is 13.6. The van der Waals surface area contributed by atoms with Crippen LogP contribution in [0, 0.1) is 10.1 Å². The maximum atomic E-state index is 13.0. The van der Waals surface area contributed by atoms with Crippen molar-refractivity contribution in [1.82, 2.24) is 48.8 Å². The van der Waals surface area contributed by atoms with Crippen molar-refractivity contribution in [2.45, 2.75) is 39.2 Å². The van der Waals surface area contributed by atoms with Gasteiger partial charge < -0.3 is 25.2 Å². The molecule has 19 heteroatoms. The van der Waals surface area contributed by atoms with Gasteiger partial charge in [0.25, 0.3) is 11.6 Å². The lowest BCUT2D eigenvalue weighted by Crippen LogP contribution is -2.50. The van der Waals surface area contributed by atoms with Crippen molar-refractivity contribution in [3.05, 3.63) is 129 Å². The van der Waals surface area contributed by atoms with E-state index in [0.29, 0.717) is 35.6 Å². The molecule has 2 aliphatic heterocycles. The minimum atomic E-state index is -0.484. The summed E-state index contributed by atoms with van der Waals surface area (Å²) in [6.45, 7) is 14.8. The van der Waals surface area contributed by atoms with Crippen molar-refractivity contribution in [3.63, 3.8) is 0 Å². The van der Waals surface area contributed by atoms with Crippen LogP contribution in [0.25, 0.3) is 43.5 Å². The van der Waals surface area contributed by atoms with Crippen LogP contribution in [0.5, 0.6) is 0 Å². The largest absolute Gasteiger partial charge is 0.444 e. The van der Waals surface area contributed by atoms with E-state index in [0.717, 1.165) is 97.6 Å². The molecule has 2 amide bonds. The Bertz CT molecular complexity index is 3030. The molecule has 0 radical (unpaired) electrons. The van der Waals surface area contributed by atoms with E-state index in [4.69, 9.17) is 9.72 Å². The van der Waals surface area contributed by atoms with Gasteiger partial charge in [0.15, 0.2) is 9.92 Å². The Balaban J connectivity index is 0.000000169. The van der Waals surface area contributed by atoms with Crippen LogP contribution in [0.1, 0.15) is 42.6 Å². The summed E-state index contributed by atoms with van der Waals surface area (Å²) in [6.07, 6.45) is 7.02. The second-order valence-electron chi connectivity index (χ2n) is 17.4. The van der Waals surface area contributed by atoms with Crippen LogP contribution in [-0.2, 0) is 17.6 Å². The molecule has 0 saturated carbocycles. The number of para-hydroxylation sites is 4. The zero-order chi connectivity index (χ0) is 46.5. The molecule has 17 nitrogen and oxygen atoms in total. The van der Waals surface area contributed by atoms with Crippen LogP contribution in [0.3, 0.4) is 0 Å². The van der Waals surface area contributed by atoms with Gasteiger partial charge >= 0.3 is 6.09 Å². The molecule has 8 aromatic rings. The second-order valence-corrected chi connectivity index (χ2v) is 19.1. The zero-order valence-corrected chi connectivity index (χ0v) is 39.3. The van der Waals surface area contributed by atoms with E-state index in [9.17, 15) is 19.7 Å². The quantitative estimate of drug-likeness (QED) is 0.0952. The third-order valence-electron chi connectivity index (χ3n) is 11.7. The third-order valence-corrected chi connectivity index (χ3v) is 13.5. The lowest BCUT2D eigenvalue weighted by Gasteiger charge is -2.35. The number of nitrogens with one attached hydrogen (secondary N) is 2. The van der Waals surface area contributed by atoms with Gasteiger partial charge in [-0.3, -0.25) is 33.6 Å². The molecule has 2 aliphatic rings. The van der Waals surface area contributed by atoms with Gasteiger partial charge in [0, 0.05) is 124 Å². The fourth-order valence-electron chi connectivity index (χ4n) is 8.16. The van der Waals surface area contributed by atoms with E-state index in [1.165, 1.54) is 29.3 Å². The predicted molar refractivity (Wildman–Crippen MR) is 262 cm³/mol. The number of imidazole rings is 2. The molecule has 2 N–H and O–H groups in total. The average Bonchev–Trinajstić information content (AvgIpc) is 4.13. The maximum Gasteiger partial charge on any atom is 0.410 e. The van der Waals surface area contributed by atoms with Crippen LogP contribution >= 0.6 is 22.7 Å². The van der Waals surface area contributed by atoms with Crippen LogP contribution < -0.4 is 10.6 Å². The monoisotopic (exact) mass is 940 g/mol. The summed E-state index contributed by atoms with van der Waals surface area (Å²) in [5.74, 6) is -0.298. The minimum absolute atomic E-state index is 0.0580. The first kappa shape index (κ1) is 45.5. The van der Waals surface area contributed by atoms with Crippen molar-refractivity contribution < 1.29 is 19.2 Å². The number of nitrogens with zero attached hydrogens (tertiary/aromatic N) is 10. The molecular formula is C48H52N12O5S2. The van der Waals surface area contributed by atoms with Crippen LogP contribution in [-0.4, -0.2) is 131 Å². The number of amides is 2. The molecule has 2 fully saturated rings. The number of nitro groups is 1. The van der Waals surface area contributed by atoms with Gasteiger partial charge in [-0.05, 0) is 45.0 Å². The van der Waals surface area contributed by atoms with Crippen LogP contribution in [0.15, 0.2) is 102 Å². The Morgan fingerprint density at radius 2 is 1.31 bits per heavy atom. The standard InChI is InChI=1S/C26H25N7OS.C22H27N5O4S/c34-25(23-15-28-21-7-3-4-8-22(21)29-23)30-20-6-2-1-5-19(20)24-16-33-18(17-35-26(33)31-24)9-12-32-13-10-27-11-14-32;1-22(2,3)31-21(28)25-12-10-24(11-13-25)9-8-16-15-32-20-23-18(14-26(16)20)17-6-4-5-7-19(17)27(29)30/h1-8,15-17,27H,9-14H2,(H,30,34);4-7,14-15H,8-13H2,1-3H3. The van der Waals surface area contributed by atoms with E-state index in [1.807, 2.05) is 79.9 Å². The van der Waals surface area contributed by atoms with Gasteiger partial charge in [-0.15, -0.1) is 22.7 Å². The highest BCUT2D eigenvalue weighted by Gasteiger charge is 2.26. The van der Waals surface area contributed by atoms with Gasteiger partial charge in [-0.25, -0.2) is 19.7 Å². The number of anilines is 1. The molecule has 0 spiro atoms. The Morgan fingerprint density at radius 1 is 0.746 bits per heavy atom. The number of aromatic nitrogens is 6. The minimum Gasteiger partial charge on any atom is -0.444 e. The summed E-state index contributed by atoms with van der Waals surface area (Å²) in [5.41, 5.74) is 7.22. The fraction of sp³-hybridized carbons (Fsp3) is 0.333. The van der Waals surface area contributed by atoms with E-state index in [2.05, 4.69) is 56.7 Å². The molecule has 10 rings (SSSR count). The first-order valence-corrected chi connectivity index (χ1v) is 24.1. The molecule has 67 heavy (non-hydrogen) atoms. The van der Waals surface area contributed by atoms with Crippen molar-refractivity contribution in [1.29, 1.82) is 0 Å². The maximum absolute atomic E-state index is 13.0. The Hall–Kier alpha value is -6.64. The topological polar surface area (TPSA) is 181 Å². The van der Waals surface area contributed by atoms with E-state index >= 15 is 0 Å². The summed E-state index contributed by atoms with van der Waals surface area (Å²) in [7, 11) is 0. The SMILES string of the molecule is CC(C)(C)OC(=O)N1CCN(CCc2csc3nc(-c4ccccc4[N+](=O)[O-])cn23)CC1.O=C(Nc1ccccc1-c1cn2c(CCN3CCNCC3)csc2n1)c1cnc2ccccc2n1. The lowest BCUT2D eigenvalue weighted by atomic mass is 10.1. The molecule has 0 bridgehead atoms. The molecule has 0 unspecified atom stereocenters. The van der Waals surface area contributed by atoms with Crippen LogP contribution in [0.4, 0.5) is 16.2 Å². The lowest BCUT2D eigenvalue weighted by molar-refractivity contribution is -0.384. The molecule has 346 valence electrons. The number of benzene rings is 3. The zero-order valence-electron chi connectivity index (χ0n) is 37.6. The summed E-state index contributed by atoms with van der Waals surface area (Å²) >= 11 is 3.18. The second kappa shape index (κ2) is 20.1. The molecule has 0 atom stereocenters. The highest BCUT2D eigenvalue weighted by Crippen LogP contribution is 2.32. The molecule has 7 heterocycles. The smallest absolute Gasteiger partial charge is 0.410 e. The van der Waals surface area contributed by atoms with Gasteiger partial charge in [-0.2, -0.15) is 0 Å². The number of thiazole rings is 2. The number of hydrogen-bond donors (Lipinski definition) is 2. The highest BCUT2D eigenvalue weighted by molar-refractivity contribution is 7.15. The highest BCUT2D eigenvalue weighted by atomic mass is 32.1. The molecule has 3 aromatic carbocycles. The average molecular weight is 941 g/mol. The van der Waals surface area contributed by atoms with E-state index in [1.54, 1.807) is 34.4 Å². The molecular weight excluding hydrogens is 889 g/mol. The summed E-state index contributed by atoms with van der Waals surface area (Å²) < 4.78 is 9.66. The summed E-state index contributed by atoms with van der Waals surface area (Å²) in [4.78, 5) is 62.9. The van der Waals surface area contributed by atoms with Gasteiger partial charge in [0.2, 0.25) is 0 Å². The number of carbonyl (C=O) groups excluding carboxylic acids is 2. The number of nitro benzene ring substituents is 1. The number of hydrogen-bond acceptors (Lipinski definition) is 14. The molecule has 0 aliphatic carbocycles. The van der Waals surface area contributed by atoms with Crippen molar-refractivity contribution >= 4 is 67.0 Å². The summed E-state index contributed by atoms with van der Waals surface area (Å²) in [6, 6.07) is 21.9. The number of fused-ring (bicyclic) bond motifs is 3. The summed E-state index contributed by atoms with van der Waals surface area (Å²) in [5, 5.41) is 22.1. The van der Waals surface area contributed by atoms with E-state index in [-0.39, 0.29) is 28.3 Å². The molecule has 5 aromatic heterocycles. The Labute approximate surface area is 395 Å². The number of carbonyl (C=O) groups is 2. The van der Waals surface area contributed by atoms with Gasteiger partial charge in [0.1, 0.15) is 11.3 Å².